The van der Waals surface area contributed by atoms with Crippen molar-refractivity contribution in [1.82, 2.24) is 0 Å². The lowest BCUT2D eigenvalue weighted by Crippen LogP contribution is -1.96. The minimum atomic E-state index is -0.971. The molecule has 1 N–H and O–H groups in total. The van der Waals surface area contributed by atoms with Gasteiger partial charge in [-0.3, -0.25) is 4.79 Å². The molecule has 0 aliphatic rings. The average Bonchev–Trinajstić information content (AvgIpc) is 2.66. The molecule has 0 fully saturated rings. The number of carbonyl (C=O) groups excluding carboxylic acids is 1. The average molecular weight is 224 g/mol. The molecule has 0 radical (unpaired) electrons. The molecule has 1 aromatic heterocycles. The molecular weight excluding hydrogens is 216 g/mol. The second-order valence-corrected chi connectivity index (χ2v) is 3.61. The summed E-state index contributed by atoms with van der Waals surface area (Å²) >= 11 is 1.07. The van der Waals surface area contributed by atoms with Crippen LogP contribution < -0.4 is 0 Å². The molecule has 0 amide bonds. The minimum Gasteiger partial charge on any atom is -0.477 e. The zero-order valence-corrected chi connectivity index (χ0v) is 8.76. The number of hydrogen-bond donors (Lipinski definition) is 1. The molecule has 0 aliphatic heterocycles. The maximum Gasteiger partial charge on any atom is 0.345 e. The van der Waals surface area contributed by atoms with E-state index in [2.05, 4.69) is 16.6 Å². The van der Waals surface area contributed by atoms with Crippen molar-refractivity contribution >= 4 is 23.3 Å². The van der Waals surface area contributed by atoms with Crippen LogP contribution in [-0.2, 0) is 9.53 Å². The summed E-state index contributed by atoms with van der Waals surface area (Å²) in [4.78, 5) is 22.1. The van der Waals surface area contributed by atoms with Gasteiger partial charge in [0.25, 0.3) is 0 Å². The molecule has 0 saturated heterocycles. The van der Waals surface area contributed by atoms with Crippen molar-refractivity contribution in [2.75, 3.05) is 7.11 Å². The summed E-state index contributed by atoms with van der Waals surface area (Å²) in [7, 11) is 1.29. The molecule has 78 valence electrons. The Kier molecular flexibility index (Phi) is 3.89. The number of carbonyl (C=O) groups is 2. The Bertz CT molecular complexity index is 436. The van der Waals surface area contributed by atoms with E-state index < -0.39 is 11.9 Å². The number of rotatable bonds is 2. The van der Waals surface area contributed by atoms with Gasteiger partial charge in [-0.25, -0.2) is 4.79 Å². The molecule has 4 nitrogen and oxygen atoms in total. The summed E-state index contributed by atoms with van der Waals surface area (Å²) in [5, 5.41) is 8.64. The number of hydrogen-bond acceptors (Lipinski definition) is 4. The van der Waals surface area contributed by atoms with Crippen molar-refractivity contribution in [3.05, 3.63) is 21.9 Å². The van der Waals surface area contributed by atoms with Crippen LogP contribution in [0.25, 0.3) is 0 Å². The molecule has 1 rings (SSSR count). The Morgan fingerprint density at radius 3 is 2.80 bits per heavy atom. The van der Waals surface area contributed by atoms with E-state index in [9.17, 15) is 9.59 Å². The summed E-state index contributed by atoms with van der Waals surface area (Å²) < 4.78 is 4.40. The molecule has 0 spiro atoms. The standard InChI is InChI=1S/C10H8O4S/c1-14-9(11)4-2-3-7-5-6-8(15-7)10(12)13/h5-6H,4H2,1H3,(H,12,13). The first-order valence-electron chi connectivity index (χ1n) is 4.02. The Morgan fingerprint density at radius 2 is 2.27 bits per heavy atom. The predicted molar refractivity (Wildman–Crippen MR) is 54.8 cm³/mol. The molecule has 0 saturated carbocycles. The largest absolute Gasteiger partial charge is 0.477 e. The molecule has 0 bridgehead atoms. The van der Waals surface area contributed by atoms with Gasteiger partial charge in [-0.2, -0.15) is 0 Å². The van der Waals surface area contributed by atoms with Crippen molar-refractivity contribution < 1.29 is 19.4 Å². The third kappa shape index (κ3) is 3.44. The van der Waals surface area contributed by atoms with E-state index in [0.717, 1.165) is 11.3 Å². The van der Waals surface area contributed by atoms with Crippen molar-refractivity contribution in [2.45, 2.75) is 6.42 Å². The fraction of sp³-hybridized carbons (Fsp3) is 0.200. The lowest BCUT2D eigenvalue weighted by atomic mass is 10.4. The van der Waals surface area contributed by atoms with Gasteiger partial charge in [0.05, 0.1) is 12.0 Å². The first-order valence-corrected chi connectivity index (χ1v) is 4.84. The normalized spacial score (nSPS) is 8.87. The second kappa shape index (κ2) is 5.17. The number of carboxylic acids is 1. The van der Waals surface area contributed by atoms with Crippen LogP contribution in [0.3, 0.4) is 0 Å². The highest BCUT2D eigenvalue weighted by Gasteiger charge is 2.04. The summed E-state index contributed by atoms with van der Waals surface area (Å²) in [6.07, 6.45) is 0.0107. The molecule has 1 aromatic rings. The van der Waals surface area contributed by atoms with Crippen LogP contribution in [0.4, 0.5) is 0 Å². The first kappa shape index (κ1) is 11.3. The quantitative estimate of drug-likeness (QED) is 0.608. The van der Waals surface area contributed by atoms with Gasteiger partial charge in [0.15, 0.2) is 0 Å². The van der Waals surface area contributed by atoms with Gasteiger partial charge in [-0.05, 0) is 12.1 Å². The number of aromatic carboxylic acids is 1. The van der Waals surface area contributed by atoms with Gasteiger partial charge < -0.3 is 9.84 Å². The maximum absolute atomic E-state index is 10.7. The van der Waals surface area contributed by atoms with Gasteiger partial charge in [0, 0.05) is 0 Å². The highest BCUT2D eigenvalue weighted by atomic mass is 32.1. The number of ether oxygens (including phenoxy) is 1. The molecule has 0 aromatic carbocycles. The van der Waals surface area contributed by atoms with Crippen LogP contribution in [0.1, 0.15) is 21.0 Å². The summed E-state index contributed by atoms with van der Waals surface area (Å²) in [5.41, 5.74) is 0. The van der Waals surface area contributed by atoms with Crippen molar-refractivity contribution in [3.63, 3.8) is 0 Å². The van der Waals surface area contributed by atoms with Gasteiger partial charge in [-0.1, -0.05) is 11.8 Å². The van der Waals surface area contributed by atoms with E-state index in [1.807, 2.05) is 0 Å². The first-order chi connectivity index (χ1) is 7.13. The summed E-state index contributed by atoms with van der Waals surface area (Å²) in [6.45, 7) is 0. The Hall–Kier alpha value is -1.80. The Balaban J connectivity index is 2.64. The number of thiophene rings is 1. The molecular formula is C10H8O4S. The van der Waals surface area contributed by atoms with Crippen LogP contribution in [0, 0.1) is 11.8 Å². The van der Waals surface area contributed by atoms with E-state index >= 15 is 0 Å². The fourth-order valence-electron chi connectivity index (χ4n) is 0.796. The maximum atomic E-state index is 10.7. The summed E-state index contributed by atoms with van der Waals surface area (Å²) in [5.74, 6) is 3.91. The Labute approximate surface area is 90.5 Å². The number of methoxy groups -OCH3 is 1. The highest BCUT2D eigenvalue weighted by Crippen LogP contribution is 2.14. The van der Waals surface area contributed by atoms with E-state index in [0.29, 0.717) is 4.88 Å². The van der Waals surface area contributed by atoms with Gasteiger partial charge in [-0.15, -0.1) is 11.3 Å². The second-order valence-electron chi connectivity index (χ2n) is 2.52. The smallest absolute Gasteiger partial charge is 0.345 e. The molecule has 1 heterocycles. The predicted octanol–water partition coefficient (Wildman–Crippen LogP) is 1.36. The zero-order chi connectivity index (χ0) is 11.3. The van der Waals surface area contributed by atoms with Gasteiger partial charge in [0.2, 0.25) is 0 Å². The van der Waals surface area contributed by atoms with Crippen LogP contribution >= 0.6 is 11.3 Å². The van der Waals surface area contributed by atoms with Crippen molar-refractivity contribution in [2.24, 2.45) is 0 Å². The zero-order valence-electron chi connectivity index (χ0n) is 7.94. The van der Waals surface area contributed by atoms with E-state index in [-0.39, 0.29) is 11.3 Å². The molecule has 0 unspecified atom stereocenters. The topological polar surface area (TPSA) is 63.6 Å². The van der Waals surface area contributed by atoms with Crippen molar-refractivity contribution in [3.8, 4) is 11.8 Å². The fourth-order valence-corrected chi connectivity index (χ4v) is 1.52. The van der Waals surface area contributed by atoms with Gasteiger partial charge >= 0.3 is 11.9 Å². The third-order valence-corrected chi connectivity index (χ3v) is 2.48. The lowest BCUT2D eigenvalue weighted by molar-refractivity contribution is -0.139. The molecule has 0 atom stereocenters. The minimum absolute atomic E-state index is 0.0107. The number of esters is 1. The lowest BCUT2D eigenvalue weighted by Gasteiger charge is -1.88. The van der Waals surface area contributed by atoms with E-state index in [1.54, 1.807) is 6.07 Å². The van der Waals surface area contributed by atoms with E-state index in [1.165, 1.54) is 13.2 Å². The SMILES string of the molecule is COC(=O)CC#Cc1ccc(C(=O)O)s1. The van der Waals surface area contributed by atoms with Crippen LogP contribution in [0.15, 0.2) is 12.1 Å². The van der Waals surface area contributed by atoms with Crippen molar-refractivity contribution in [1.29, 1.82) is 0 Å². The molecule has 15 heavy (non-hydrogen) atoms. The summed E-state index contributed by atoms with van der Waals surface area (Å²) in [6, 6.07) is 3.09. The van der Waals surface area contributed by atoms with Crippen LogP contribution in [-0.4, -0.2) is 24.2 Å². The molecule has 5 heteroatoms. The molecule has 0 aliphatic carbocycles. The highest BCUT2D eigenvalue weighted by molar-refractivity contribution is 7.14. The number of carboxylic acid groups (broad SMARTS) is 1. The van der Waals surface area contributed by atoms with Gasteiger partial charge in [0.1, 0.15) is 11.3 Å². The monoisotopic (exact) mass is 224 g/mol. The Morgan fingerprint density at radius 1 is 1.53 bits per heavy atom. The van der Waals surface area contributed by atoms with Crippen LogP contribution in [0.2, 0.25) is 0 Å². The third-order valence-electron chi connectivity index (χ3n) is 1.49. The van der Waals surface area contributed by atoms with E-state index in [4.69, 9.17) is 5.11 Å². The van der Waals surface area contributed by atoms with Crippen LogP contribution in [0.5, 0.6) is 0 Å².